The molecule has 0 spiro atoms. The number of piperidine rings is 1. The van der Waals surface area contributed by atoms with Gasteiger partial charge in [-0.25, -0.2) is 25.4 Å². The monoisotopic (exact) mass is 467 g/mol. The Bertz CT molecular complexity index is 900. The van der Waals surface area contributed by atoms with Crippen LogP contribution in [-0.2, 0) is 20.0 Å². The first-order valence-electron chi connectivity index (χ1n) is 7.91. The van der Waals surface area contributed by atoms with E-state index in [-0.39, 0.29) is 23.0 Å². The summed E-state index contributed by atoms with van der Waals surface area (Å²) in [6, 6.07) is 4.02. The van der Waals surface area contributed by atoms with Crippen molar-refractivity contribution in [2.24, 2.45) is 0 Å². The van der Waals surface area contributed by atoms with Crippen molar-refractivity contribution in [3.8, 4) is 0 Å². The second-order valence-corrected chi connectivity index (χ2v) is 11.3. The molecule has 1 amide bonds. The second kappa shape index (κ2) is 7.93. The van der Waals surface area contributed by atoms with Crippen molar-refractivity contribution in [3.63, 3.8) is 0 Å². The molecule has 1 aromatic carbocycles. The maximum Gasteiger partial charge on any atom is 0.251 e. The molecule has 1 aliphatic rings. The average molecular weight is 468 g/mol. The molecular formula is C15H22BrN3O5S2. The number of halogens is 1. The maximum absolute atomic E-state index is 12.5. The molecule has 1 N–H and O–H groups in total. The molecule has 2 rings (SSSR count). The Morgan fingerprint density at radius 2 is 1.92 bits per heavy atom. The quantitative estimate of drug-likeness (QED) is 0.690. The van der Waals surface area contributed by atoms with E-state index in [0.29, 0.717) is 23.9 Å². The molecule has 0 radical (unpaired) electrons. The van der Waals surface area contributed by atoms with E-state index < -0.39 is 26.0 Å². The molecule has 1 aromatic rings. The molecule has 0 bridgehead atoms. The van der Waals surface area contributed by atoms with E-state index in [2.05, 4.69) is 21.2 Å². The van der Waals surface area contributed by atoms with Gasteiger partial charge < -0.3 is 5.32 Å². The molecule has 8 nitrogen and oxygen atoms in total. The van der Waals surface area contributed by atoms with Crippen LogP contribution in [0, 0.1) is 0 Å². The van der Waals surface area contributed by atoms with E-state index in [1.54, 1.807) is 0 Å². The van der Waals surface area contributed by atoms with Crippen LogP contribution in [-0.4, -0.2) is 70.8 Å². The van der Waals surface area contributed by atoms with Gasteiger partial charge >= 0.3 is 0 Å². The Morgan fingerprint density at radius 3 is 2.50 bits per heavy atom. The van der Waals surface area contributed by atoms with Crippen LogP contribution in [0.1, 0.15) is 23.2 Å². The number of hydrogen-bond donors (Lipinski definition) is 1. The zero-order valence-electron chi connectivity index (χ0n) is 14.8. The van der Waals surface area contributed by atoms with Gasteiger partial charge in [0.05, 0.1) is 11.2 Å². The van der Waals surface area contributed by atoms with Crippen molar-refractivity contribution < 1.29 is 21.6 Å². The highest BCUT2D eigenvalue weighted by Crippen LogP contribution is 2.25. The van der Waals surface area contributed by atoms with Crippen LogP contribution in [0.2, 0.25) is 0 Å². The SMILES string of the molecule is CN(C)S(=O)(=O)c1cc(C(=O)NC2CCCN(S(C)(=O)=O)C2)ccc1Br. The number of sulfonamides is 2. The van der Waals surface area contributed by atoms with Crippen LogP contribution >= 0.6 is 15.9 Å². The predicted molar refractivity (Wildman–Crippen MR) is 102 cm³/mol. The zero-order chi connectivity index (χ0) is 19.7. The lowest BCUT2D eigenvalue weighted by atomic mass is 10.1. The predicted octanol–water partition coefficient (Wildman–Crippen LogP) is 0.853. The van der Waals surface area contributed by atoms with Gasteiger partial charge in [-0.3, -0.25) is 4.79 Å². The van der Waals surface area contributed by atoms with Crippen molar-refractivity contribution in [1.29, 1.82) is 0 Å². The van der Waals surface area contributed by atoms with Crippen LogP contribution in [0.5, 0.6) is 0 Å². The number of amides is 1. The summed E-state index contributed by atoms with van der Waals surface area (Å²) >= 11 is 3.20. The minimum atomic E-state index is -3.71. The first-order valence-corrected chi connectivity index (χ1v) is 12.0. The van der Waals surface area contributed by atoms with E-state index in [1.807, 2.05) is 0 Å². The second-order valence-electron chi connectivity index (χ2n) is 6.37. The van der Waals surface area contributed by atoms with Gasteiger partial charge in [-0.1, -0.05) is 0 Å². The Kier molecular flexibility index (Phi) is 6.49. The number of benzene rings is 1. The Hall–Kier alpha value is -1.01. The van der Waals surface area contributed by atoms with Gasteiger partial charge in [-0.05, 0) is 47.0 Å². The molecule has 11 heteroatoms. The molecule has 1 saturated heterocycles. The number of carbonyl (C=O) groups excluding carboxylic acids is 1. The van der Waals surface area contributed by atoms with Crippen molar-refractivity contribution in [2.75, 3.05) is 33.4 Å². The normalized spacial score (nSPS) is 19.5. The minimum Gasteiger partial charge on any atom is -0.348 e. The molecule has 1 fully saturated rings. The van der Waals surface area contributed by atoms with Crippen molar-refractivity contribution >= 4 is 41.9 Å². The number of nitrogens with zero attached hydrogens (tertiary/aromatic N) is 2. The van der Waals surface area contributed by atoms with Gasteiger partial charge in [-0.15, -0.1) is 0 Å². The van der Waals surface area contributed by atoms with Gasteiger partial charge in [0.15, 0.2) is 0 Å². The molecule has 0 aromatic heterocycles. The fourth-order valence-electron chi connectivity index (χ4n) is 2.67. The van der Waals surface area contributed by atoms with Gasteiger partial charge in [0.1, 0.15) is 0 Å². The third-order valence-electron chi connectivity index (χ3n) is 4.14. The average Bonchev–Trinajstić information content (AvgIpc) is 2.54. The zero-order valence-corrected chi connectivity index (χ0v) is 18.0. The van der Waals surface area contributed by atoms with Gasteiger partial charge in [0, 0.05) is 43.3 Å². The summed E-state index contributed by atoms with van der Waals surface area (Å²) in [5, 5.41) is 2.80. The molecule has 1 aliphatic heterocycles. The third-order valence-corrected chi connectivity index (χ3v) is 8.22. The number of carbonyl (C=O) groups is 1. The molecule has 1 heterocycles. The summed E-state index contributed by atoms with van der Waals surface area (Å²) in [5.74, 6) is -0.437. The van der Waals surface area contributed by atoms with E-state index in [4.69, 9.17) is 0 Å². The Labute approximate surface area is 162 Å². The number of rotatable bonds is 5. The number of nitrogens with one attached hydrogen (secondary N) is 1. The summed E-state index contributed by atoms with van der Waals surface area (Å²) < 4.78 is 50.9. The highest BCUT2D eigenvalue weighted by molar-refractivity contribution is 9.10. The van der Waals surface area contributed by atoms with Crippen LogP contribution in [0.25, 0.3) is 0 Å². The van der Waals surface area contributed by atoms with Crippen LogP contribution in [0.15, 0.2) is 27.6 Å². The standard InChI is InChI=1S/C15H22BrN3O5S2/c1-18(2)26(23,24)14-9-11(6-7-13(14)16)15(20)17-12-5-4-8-19(10-12)25(3,21)22/h6-7,9,12H,4-5,8,10H2,1-3H3,(H,17,20). The van der Waals surface area contributed by atoms with Crippen LogP contribution in [0.3, 0.4) is 0 Å². The van der Waals surface area contributed by atoms with Crippen molar-refractivity contribution in [1.82, 2.24) is 13.9 Å². The Balaban J connectivity index is 2.20. The largest absolute Gasteiger partial charge is 0.348 e. The van der Waals surface area contributed by atoms with Crippen LogP contribution < -0.4 is 5.32 Å². The first-order chi connectivity index (χ1) is 11.9. The summed E-state index contributed by atoms with van der Waals surface area (Å²) in [6.45, 7) is 0.651. The van der Waals surface area contributed by atoms with Crippen molar-refractivity contribution in [2.45, 2.75) is 23.8 Å². The lowest BCUT2D eigenvalue weighted by Crippen LogP contribution is -2.49. The number of hydrogen-bond acceptors (Lipinski definition) is 5. The first kappa shape index (κ1) is 21.3. The summed E-state index contributed by atoms with van der Waals surface area (Å²) in [4.78, 5) is 12.5. The van der Waals surface area contributed by atoms with E-state index >= 15 is 0 Å². The minimum absolute atomic E-state index is 0.00319. The van der Waals surface area contributed by atoms with Gasteiger partial charge in [0.2, 0.25) is 20.0 Å². The lowest BCUT2D eigenvalue weighted by molar-refractivity contribution is 0.0921. The van der Waals surface area contributed by atoms with E-state index in [9.17, 15) is 21.6 Å². The summed E-state index contributed by atoms with van der Waals surface area (Å²) in [5.41, 5.74) is 0.199. The molecule has 1 unspecified atom stereocenters. The highest BCUT2D eigenvalue weighted by atomic mass is 79.9. The smallest absolute Gasteiger partial charge is 0.251 e. The van der Waals surface area contributed by atoms with E-state index in [1.165, 1.54) is 36.6 Å². The van der Waals surface area contributed by atoms with Crippen molar-refractivity contribution in [3.05, 3.63) is 28.2 Å². The summed E-state index contributed by atoms with van der Waals surface area (Å²) in [6.07, 6.45) is 2.46. The lowest BCUT2D eigenvalue weighted by Gasteiger charge is -2.31. The fraction of sp³-hybridized carbons (Fsp3) is 0.533. The van der Waals surface area contributed by atoms with E-state index in [0.717, 1.165) is 10.6 Å². The van der Waals surface area contributed by atoms with Gasteiger partial charge in [0.25, 0.3) is 5.91 Å². The molecule has 26 heavy (non-hydrogen) atoms. The molecular weight excluding hydrogens is 446 g/mol. The maximum atomic E-state index is 12.5. The topological polar surface area (TPSA) is 104 Å². The molecule has 0 saturated carbocycles. The summed E-state index contributed by atoms with van der Waals surface area (Å²) in [7, 11) is -4.19. The molecule has 0 aliphatic carbocycles. The Morgan fingerprint density at radius 1 is 1.27 bits per heavy atom. The van der Waals surface area contributed by atoms with Crippen LogP contribution in [0.4, 0.5) is 0 Å². The van der Waals surface area contributed by atoms with Gasteiger partial charge in [-0.2, -0.15) is 0 Å². The third kappa shape index (κ3) is 4.83. The highest BCUT2D eigenvalue weighted by Gasteiger charge is 2.28. The molecule has 1 atom stereocenters. The molecule has 146 valence electrons. The fourth-order valence-corrected chi connectivity index (χ4v) is 5.42.